The van der Waals surface area contributed by atoms with Gasteiger partial charge in [0.1, 0.15) is 0 Å². The van der Waals surface area contributed by atoms with Crippen molar-refractivity contribution in [2.45, 2.75) is 18.8 Å². The third kappa shape index (κ3) is 1.77. The van der Waals surface area contributed by atoms with Crippen LogP contribution in [0.15, 0.2) is 18.2 Å². The summed E-state index contributed by atoms with van der Waals surface area (Å²) in [5.41, 5.74) is 0.789. The number of likely N-dealkylation sites (N-methyl/N-ethyl adjacent to an activating group) is 1. The summed E-state index contributed by atoms with van der Waals surface area (Å²) in [5.74, 6) is -0.240. The number of benzene rings is 1. The summed E-state index contributed by atoms with van der Waals surface area (Å²) < 4.78 is 0. The highest BCUT2D eigenvalue weighted by molar-refractivity contribution is 6.31. The Balaban J connectivity index is 2.53. The van der Waals surface area contributed by atoms with Crippen LogP contribution in [0.4, 0.5) is 5.69 Å². The van der Waals surface area contributed by atoms with Crippen LogP contribution in [0.1, 0.15) is 18.9 Å². The Morgan fingerprint density at radius 3 is 2.78 bits per heavy atom. The van der Waals surface area contributed by atoms with Crippen LogP contribution in [0.3, 0.4) is 0 Å². The van der Waals surface area contributed by atoms with Gasteiger partial charge in [-0.2, -0.15) is 0 Å². The van der Waals surface area contributed by atoms with E-state index < -0.39 is 5.41 Å². The molecule has 1 atom stereocenters. The zero-order valence-corrected chi connectivity index (χ0v) is 11.3. The van der Waals surface area contributed by atoms with Gasteiger partial charge in [0.2, 0.25) is 11.8 Å². The Morgan fingerprint density at radius 1 is 1.50 bits per heavy atom. The highest BCUT2D eigenvalue weighted by Gasteiger charge is 2.47. The molecule has 0 saturated heterocycles. The fourth-order valence-corrected chi connectivity index (χ4v) is 2.59. The van der Waals surface area contributed by atoms with Crippen molar-refractivity contribution in [3.8, 4) is 0 Å². The molecule has 1 aliphatic rings. The van der Waals surface area contributed by atoms with Crippen molar-refractivity contribution in [1.29, 1.82) is 0 Å². The van der Waals surface area contributed by atoms with Gasteiger partial charge < -0.3 is 10.2 Å². The van der Waals surface area contributed by atoms with E-state index in [2.05, 4.69) is 5.32 Å². The van der Waals surface area contributed by atoms with Crippen LogP contribution in [-0.2, 0) is 15.0 Å². The van der Waals surface area contributed by atoms with Gasteiger partial charge in [0, 0.05) is 31.2 Å². The molecule has 2 rings (SSSR count). The molecule has 0 bridgehead atoms. The molecule has 2 amide bonds. The first-order chi connectivity index (χ1) is 8.40. The van der Waals surface area contributed by atoms with Crippen molar-refractivity contribution >= 4 is 29.1 Å². The third-order valence-corrected chi connectivity index (χ3v) is 3.72. The van der Waals surface area contributed by atoms with Crippen molar-refractivity contribution in [2.75, 3.05) is 19.0 Å². The van der Waals surface area contributed by atoms with Gasteiger partial charge in [-0.15, -0.1) is 0 Å². The fraction of sp³-hybridized carbons (Fsp3) is 0.385. The molecule has 5 heteroatoms. The Bertz CT molecular complexity index is 530. The largest absolute Gasteiger partial charge is 0.359 e. The second kappa shape index (κ2) is 4.28. The maximum Gasteiger partial charge on any atom is 0.237 e. The fourth-order valence-electron chi connectivity index (χ4n) is 2.42. The molecular weight excluding hydrogens is 252 g/mol. The standard InChI is InChI=1S/C13H15ClN2O2/c1-13(7-11(17)15-2)9-6-8(14)4-5-10(9)16(3)12(13)18/h4-6H,7H2,1-3H3,(H,15,17). The number of nitrogens with one attached hydrogen (secondary N) is 1. The second-order valence-electron chi connectivity index (χ2n) is 4.71. The molecule has 18 heavy (non-hydrogen) atoms. The SMILES string of the molecule is CNC(=O)CC1(C)C(=O)N(C)c2ccc(Cl)cc21. The van der Waals surface area contributed by atoms with Gasteiger partial charge in [-0.25, -0.2) is 0 Å². The smallest absolute Gasteiger partial charge is 0.237 e. The number of hydrogen-bond acceptors (Lipinski definition) is 2. The van der Waals surface area contributed by atoms with E-state index in [4.69, 9.17) is 11.6 Å². The van der Waals surface area contributed by atoms with Gasteiger partial charge in [0.05, 0.1) is 5.41 Å². The van der Waals surface area contributed by atoms with Gasteiger partial charge in [-0.3, -0.25) is 9.59 Å². The van der Waals surface area contributed by atoms with Crippen molar-refractivity contribution in [3.63, 3.8) is 0 Å². The first-order valence-electron chi connectivity index (χ1n) is 5.69. The highest BCUT2D eigenvalue weighted by atomic mass is 35.5. The lowest BCUT2D eigenvalue weighted by atomic mass is 9.80. The molecule has 0 fully saturated rings. The van der Waals surface area contributed by atoms with Crippen molar-refractivity contribution in [1.82, 2.24) is 5.32 Å². The van der Waals surface area contributed by atoms with E-state index in [0.717, 1.165) is 11.3 Å². The first-order valence-corrected chi connectivity index (χ1v) is 6.06. The normalized spacial score (nSPS) is 22.0. The number of hydrogen-bond donors (Lipinski definition) is 1. The van der Waals surface area contributed by atoms with Crippen LogP contribution < -0.4 is 10.2 Å². The van der Waals surface area contributed by atoms with Crippen molar-refractivity contribution in [2.24, 2.45) is 0 Å². The molecule has 4 nitrogen and oxygen atoms in total. The zero-order valence-electron chi connectivity index (χ0n) is 10.6. The van der Waals surface area contributed by atoms with E-state index in [0.29, 0.717) is 5.02 Å². The minimum atomic E-state index is -0.838. The lowest BCUT2D eigenvalue weighted by Gasteiger charge is -2.22. The molecule has 0 radical (unpaired) electrons. The van der Waals surface area contributed by atoms with E-state index in [9.17, 15) is 9.59 Å². The summed E-state index contributed by atoms with van der Waals surface area (Å²) in [4.78, 5) is 25.5. The van der Waals surface area contributed by atoms with Crippen LogP contribution >= 0.6 is 11.6 Å². The summed E-state index contributed by atoms with van der Waals surface area (Å²) in [6, 6.07) is 5.32. The van der Waals surface area contributed by atoms with Crippen LogP contribution in [0.5, 0.6) is 0 Å². The molecule has 96 valence electrons. The monoisotopic (exact) mass is 266 g/mol. The van der Waals surface area contributed by atoms with Crippen molar-refractivity contribution in [3.05, 3.63) is 28.8 Å². The van der Waals surface area contributed by atoms with E-state index in [-0.39, 0.29) is 18.2 Å². The lowest BCUT2D eigenvalue weighted by Crippen LogP contribution is -2.40. The summed E-state index contributed by atoms with van der Waals surface area (Å²) >= 11 is 5.99. The van der Waals surface area contributed by atoms with Crippen LogP contribution in [0.2, 0.25) is 5.02 Å². The molecule has 1 aliphatic heterocycles. The zero-order chi connectivity index (χ0) is 13.5. The van der Waals surface area contributed by atoms with Crippen molar-refractivity contribution < 1.29 is 9.59 Å². The molecule has 1 heterocycles. The predicted molar refractivity (Wildman–Crippen MR) is 70.9 cm³/mol. The summed E-state index contributed by atoms with van der Waals surface area (Å²) in [6.07, 6.45) is 0.125. The number of amides is 2. The molecule has 1 N–H and O–H groups in total. The van der Waals surface area contributed by atoms with E-state index in [1.807, 2.05) is 6.07 Å². The minimum absolute atomic E-state index is 0.0802. The van der Waals surface area contributed by atoms with Crippen LogP contribution in [0, 0.1) is 0 Å². The molecule has 0 spiro atoms. The molecule has 0 aromatic heterocycles. The van der Waals surface area contributed by atoms with Gasteiger partial charge in [0.15, 0.2) is 0 Å². The topological polar surface area (TPSA) is 49.4 Å². The maximum atomic E-state index is 12.3. The van der Waals surface area contributed by atoms with Gasteiger partial charge in [-0.05, 0) is 30.7 Å². The average molecular weight is 267 g/mol. The van der Waals surface area contributed by atoms with E-state index in [1.54, 1.807) is 38.1 Å². The lowest BCUT2D eigenvalue weighted by molar-refractivity contribution is -0.128. The predicted octanol–water partition coefficient (Wildman–Crippen LogP) is 1.71. The van der Waals surface area contributed by atoms with Gasteiger partial charge in [0.25, 0.3) is 0 Å². The average Bonchev–Trinajstić information content (AvgIpc) is 2.52. The Kier molecular flexibility index (Phi) is 3.07. The Labute approximate surface area is 111 Å². The number of fused-ring (bicyclic) bond motifs is 1. The Hall–Kier alpha value is -1.55. The van der Waals surface area contributed by atoms with E-state index in [1.165, 1.54) is 0 Å². The molecule has 0 aliphatic carbocycles. The highest BCUT2D eigenvalue weighted by Crippen LogP contribution is 2.44. The van der Waals surface area contributed by atoms with E-state index >= 15 is 0 Å². The number of anilines is 1. The molecule has 1 unspecified atom stereocenters. The quantitative estimate of drug-likeness (QED) is 0.886. The van der Waals surface area contributed by atoms with Crippen LogP contribution in [-0.4, -0.2) is 25.9 Å². The third-order valence-electron chi connectivity index (χ3n) is 3.48. The minimum Gasteiger partial charge on any atom is -0.359 e. The molecular formula is C13H15ClN2O2. The van der Waals surface area contributed by atoms with Crippen LogP contribution in [0.25, 0.3) is 0 Å². The summed E-state index contributed by atoms with van der Waals surface area (Å²) in [6.45, 7) is 1.78. The van der Waals surface area contributed by atoms with Gasteiger partial charge in [-0.1, -0.05) is 11.6 Å². The molecule has 1 aromatic rings. The van der Waals surface area contributed by atoms with Gasteiger partial charge >= 0.3 is 0 Å². The second-order valence-corrected chi connectivity index (χ2v) is 5.14. The Morgan fingerprint density at radius 2 is 2.17 bits per heavy atom. The number of carbonyl (C=O) groups is 2. The maximum absolute atomic E-state index is 12.3. The first kappa shape index (κ1) is 12.9. The number of carbonyl (C=O) groups excluding carboxylic acids is 2. The number of nitrogens with zero attached hydrogens (tertiary/aromatic N) is 1. The number of rotatable bonds is 2. The molecule has 1 aromatic carbocycles. The number of halogens is 1. The summed E-state index contributed by atoms with van der Waals surface area (Å²) in [7, 11) is 3.28. The molecule has 0 saturated carbocycles. The summed E-state index contributed by atoms with van der Waals surface area (Å²) in [5, 5.41) is 3.12.